The fourth-order valence-electron chi connectivity index (χ4n) is 3.43. The van der Waals surface area contributed by atoms with E-state index in [0.29, 0.717) is 13.1 Å². The highest BCUT2D eigenvalue weighted by Gasteiger charge is 2.29. The third-order valence-electron chi connectivity index (χ3n) is 4.73. The molecule has 1 atom stereocenters. The number of hydrogen-bond donors (Lipinski definition) is 0. The maximum Gasteiger partial charge on any atom is 0.263 e. The lowest BCUT2D eigenvalue weighted by molar-refractivity contribution is 0.0580. The number of nitrogens with zero attached hydrogens (tertiary/aromatic N) is 4. The molecule has 1 aliphatic rings. The predicted octanol–water partition coefficient (Wildman–Crippen LogP) is 1.89. The van der Waals surface area contributed by atoms with Crippen molar-refractivity contribution in [1.82, 2.24) is 19.2 Å². The zero-order chi connectivity index (χ0) is 17.3. The summed E-state index contributed by atoms with van der Waals surface area (Å²) in [6.07, 6.45) is 4.69. The lowest BCUT2D eigenvalue weighted by Crippen LogP contribution is -2.47. The van der Waals surface area contributed by atoms with E-state index in [1.807, 2.05) is 29.5 Å². The molecule has 0 aromatic carbocycles. The molecule has 6 heteroatoms. The third-order valence-corrected chi connectivity index (χ3v) is 4.73. The van der Waals surface area contributed by atoms with Crippen LogP contribution >= 0.6 is 0 Å². The zero-order valence-electron chi connectivity index (χ0n) is 14.5. The molecule has 3 rings (SSSR count). The van der Waals surface area contributed by atoms with Crippen molar-refractivity contribution in [3.63, 3.8) is 0 Å². The largest absolute Gasteiger partial charge is 0.334 e. The maximum atomic E-state index is 12.9. The van der Waals surface area contributed by atoms with Crippen LogP contribution in [0.1, 0.15) is 41.0 Å². The second-order valence-electron chi connectivity index (χ2n) is 6.60. The van der Waals surface area contributed by atoms with Crippen LogP contribution in [-0.4, -0.2) is 37.7 Å². The van der Waals surface area contributed by atoms with E-state index in [1.165, 1.54) is 4.57 Å². The molecular formula is C18H24N4O2. The molecule has 6 nitrogen and oxygen atoms in total. The van der Waals surface area contributed by atoms with Crippen LogP contribution in [0, 0.1) is 13.8 Å². The number of amides is 1. The van der Waals surface area contributed by atoms with E-state index in [-0.39, 0.29) is 23.1 Å². The molecular weight excluding hydrogens is 304 g/mol. The molecule has 0 N–H and O–H groups in total. The molecule has 0 radical (unpaired) electrons. The number of piperidine rings is 1. The van der Waals surface area contributed by atoms with E-state index < -0.39 is 0 Å². The quantitative estimate of drug-likeness (QED) is 0.864. The Kier molecular flexibility index (Phi) is 4.55. The highest BCUT2D eigenvalue weighted by molar-refractivity contribution is 5.94. The van der Waals surface area contributed by atoms with Gasteiger partial charge in [0.25, 0.3) is 11.5 Å². The van der Waals surface area contributed by atoms with Crippen LogP contribution in [0.4, 0.5) is 0 Å². The monoisotopic (exact) mass is 328 g/mol. The molecule has 1 saturated heterocycles. The predicted molar refractivity (Wildman–Crippen MR) is 92.1 cm³/mol. The average Bonchev–Trinajstić information content (AvgIpc) is 2.87. The molecule has 0 bridgehead atoms. The van der Waals surface area contributed by atoms with Gasteiger partial charge in [-0.2, -0.15) is 5.10 Å². The number of rotatable bonds is 3. The SMILES string of the molecule is Cc1cc(C)n(C[C@H]2CCCCN2C(=O)c2cccn(C)c2=O)n1. The van der Waals surface area contributed by atoms with Gasteiger partial charge in [-0.05, 0) is 51.3 Å². The summed E-state index contributed by atoms with van der Waals surface area (Å²) in [7, 11) is 1.67. The van der Waals surface area contributed by atoms with E-state index in [1.54, 1.807) is 25.4 Å². The number of pyridine rings is 1. The van der Waals surface area contributed by atoms with Gasteiger partial charge in [0.1, 0.15) is 5.56 Å². The van der Waals surface area contributed by atoms with Crippen LogP contribution in [0.25, 0.3) is 0 Å². The summed E-state index contributed by atoms with van der Waals surface area (Å²) in [6, 6.07) is 5.49. The van der Waals surface area contributed by atoms with Gasteiger partial charge in [-0.15, -0.1) is 0 Å². The van der Waals surface area contributed by atoms with Crippen LogP contribution in [-0.2, 0) is 13.6 Å². The zero-order valence-corrected chi connectivity index (χ0v) is 14.5. The van der Waals surface area contributed by atoms with Gasteiger partial charge in [0.2, 0.25) is 0 Å². The van der Waals surface area contributed by atoms with Gasteiger partial charge in [0, 0.05) is 25.5 Å². The van der Waals surface area contributed by atoms with Gasteiger partial charge in [0.15, 0.2) is 0 Å². The molecule has 1 fully saturated rings. The number of likely N-dealkylation sites (tertiary alicyclic amines) is 1. The number of carbonyl (C=O) groups excluding carboxylic acids is 1. The first-order chi connectivity index (χ1) is 11.5. The van der Waals surface area contributed by atoms with Crippen LogP contribution in [0.3, 0.4) is 0 Å². The van der Waals surface area contributed by atoms with Gasteiger partial charge in [-0.25, -0.2) is 0 Å². The van der Waals surface area contributed by atoms with Gasteiger partial charge in [-0.3, -0.25) is 14.3 Å². The Bertz CT molecular complexity index is 806. The molecule has 2 aromatic rings. The Labute approximate surface area is 141 Å². The molecule has 0 unspecified atom stereocenters. The Hall–Kier alpha value is -2.37. The Morgan fingerprint density at radius 2 is 2.12 bits per heavy atom. The first-order valence-corrected chi connectivity index (χ1v) is 8.45. The fourth-order valence-corrected chi connectivity index (χ4v) is 3.43. The van der Waals surface area contributed by atoms with Crippen molar-refractivity contribution in [1.29, 1.82) is 0 Å². The number of hydrogen-bond acceptors (Lipinski definition) is 3. The molecule has 128 valence electrons. The molecule has 0 saturated carbocycles. The molecule has 24 heavy (non-hydrogen) atoms. The third kappa shape index (κ3) is 3.13. The van der Waals surface area contributed by atoms with Crippen molar-refractivity contribution >= 4 is 5.91 Å². The van der Waals surface area contributed by atoms with E-state index in [4.69, 9.17) is 0 Å². The van der Waals surface area contributed by atoms with E-state index in [0.717, 1.165) is 30.7 Å². The summed E-state index contributed by atoms with van der Waals surface area (Å²) >= 11 is 0. The second-order valence-corrected chi connectivity index (χ2v) is 6.60. The first-order valence-electron chi connectivity index (χ1n) is 8.45. The van der Waals surface area contributed by atoms with Gasteiger partial charge >= 0.3 is 0 Å². The molecule has 1 amide bonds. The Morgan fingerprint density at radius 3 is 2.83 bits per heavy atom. The number of aryl methyl sites for hydroxylation is 3. The number of carbonyl (C=O) groups is 1. The number of aromatic nitrogens is 3. The molecule has 1 aliphatic heterocycles. The molecule has 2 aromatic heterocycles. The minimum Gasteiger partial charge on any atom is -0.334 e. The van der Waals surface area contributed by atoms with Gasteiger partial charge in [0.05, 0.1) is 18.3 Å². The summed E-state index contributed by atoms with van der Waals surface area (Å²) < 4.78 is 3.42. The van der Waals surface area contributed by atoms with Crippen molar-refractivity contribution in [3.8, 4) is 0 Å². The van der Waals surface area contributed by atoms with Crippen molar-refractivity contribution in [2.45, 2.75) is 45.7 Å². The van der Waals surface area contributed by atoms with Crippen LogP contribution in [0.2, 0.25) is 0 Å². The summed E-state index contributed by atoms with van der Waals surface area (Å²) in [4.78, 5) is 27.1. The first kappa shape index (κ1) is 16.5. The fraction of sp³-hybridized carbons (Fsp3) is 0.500. The van der Waals surface area contributed by atoms with Crippen LogP contribution < -0.4 is 5.56 Å². The van der Waals surface area contributed by atoms with Gasteiger partial charge in [-0.1, -0.05) is 0 Å². The highest BCUT2D eigenvalue weighted by atomic mass is 16.2. The lowest BCUT2D eigenvalue weighted by Gasteiger charge is -2.36. The second kappa shape index (κ2) is 6.63. The normalized spacial score (nSPS) is 18.0. The lowest BCUT2D eigenvalue weighted by atomic mass is 10.0. The summed E-state index contributed by atoms with van der Waals surface area (Å²) in [6.45, 7) is 5.38. The Morgan fingerprint density at radius 1 is 1.33 bits per heavy atom. The minimum atomic E-state index is -0.238. The van der Waals surface area contributed by atoms with Crippen molar-refractivity contribution in [3.05, 3.63) is 51.7 Å². The molecule has 3 heterocycles. The van der Waals surface area contributed by atoms with Crippen LogP contribution in [0.15, 0.2) is 29.2 Å². The Balaban J connectivity index is 1.86. The van der Waals surface area contributed by atoms with Gasteiger partial charge < -0.3 is 9.47 Å². The van der Waals surface area contributed by atoms with Crippen molar-refractivity contribution in [2.24, 2.45) is 7.05 Å². The van der Waals surface area contributed by atoms with Crippen molar-refractivity contribution in [2.75, 3.05) is 6.54 Å². The van der Waals surface area contributed by atoms with E-state index in [2.05, 4.69) is 5.10 Å². The van der Waals surface area contributed by atoms with Crippen molar-refractivity contribution < 1.29 is 4.79 Å². The highest BCUT2D eigenvalue weighted by Crippen LogP contribution is 2.21. The molecule has 0 spiro atoms. The minimum absolute atomic E-state index is 0.0779. The molecule has 0 aliphatic carbocycles. The topological polar surface area (TPSA) is 60.1 Å². The maximum absolute atomic E-state index is 12.9. The van der Waals surface area contributed by atoms with Crippen LogP contribution in [0.5, 0.6) is 0 Å². The summed E-state index contributed by atoms with van der Waals surface area (Å²) in [5.74, 6) is -0.164. The smallest absolute Gasteiger partial charge is 0.263 e. The standard InChI is InChI=1S/C18H24N4O2/c1-13-11-14(2)22(19-13)12-15-7-4-5-10-21(15)18(24)16-8-6-9-20(3)17(16)23/h6,8-9,11,15H,4-5,7,10,12H2,1-3H3/t15-/m1/s1. The summed E-state index contributed by atoms with van der Waals surface area (Å²) in [5.41, 5.74) is 2.09. The average molecular weight is 328 g/mol. The van der Waals surface area contributed by atoms with E-state index in [9.17, 15) is 9.59 Å². The van der Waals surface area contributed by atoms with E-state index >= 15 is 0 Å². The summed E-state index contributed by atoms with van der Waals surface area (Å²) in [5, 5.41) is 4.52.